The van der Waals surface area contributed by atoms with Crippen LogP contribution in [0.2, 0.25) is 0 Å². The molecule has 0 aromatic heterocycles. The SMILES string of the molecule is CC(=O)O[C@@]1([C@@H](C)CCCC(C)(C)O)CCC2CCCC[C@]21C. The fourth-order valence-corrected chi connectivity index (χ4v) is 5.51. The molecule has 0 amide bonds. The maximum atomic E-state index is 11.9. The van der Waals surface area contributed by atoms with Crippen LogP contribution in [0, 0.1) is 17.3 Å². The molecule has 0 saturated heterocycles. The van der Waals surface area contributed by atoms with Crippen LogP contribution in [0.25, 0.3) is 0 Å². The van der Waals surface area contributed by atoms with Crippen molar-refractivity contribution in [2.24, 2.45) is 17.3 Å². The lowest BCUT2D eigenvalue weighted by molar-refractivity contribution is -0.187. The molecule has 0 aromatic carbocycles. The molecular weight excluding hydrogens is 288 g/mol. The van der Waals surface area contributed by atoms with Crippen molar-refractivity contribution in [3.05, 3.63) is 0 Å². The summed E-state index contributed by atoms with van der Waals surface area (Å²) in [7, 11) is 0. The number of hydrogen-bond donors (Lipinski definition) is 1. The zero-order chi connectivity index (χ0) is 17.3. The van der Waals surface area contributed by atoms with Gasteiger partial charge in [-0.3, -0.25) is 4.79 Å². The molecule has 4 atom stereocenters. The molecule has 1 unspecified atom stereocenters. The van der Waals surface area contributed by atoms with E-state index >= 15 is 0 Å². The zero-order valence-electron chi connectivity index (χ0n) is 15.8. The Morgan fingerprint density at radius 2 is 2.00 bits per heavy atom. The highest BCUT2D eigenvalue weighted by molar-refractivity contribution is 5.66. The molecule has 2 aliphatic carbocycles. The summed E-state index contributed by atoms with van der Waals surface area (Å²) in [5, 5.41) is 9.96. The van der Waals surface area contributed by atoms with Crippen LogP contribution in [0.3, 0.4) is 0 Å². The van der Waals surface area contributed by atoms with Gasteiger partial charge in [-0.1, -0.05) is 33.1 Å². The maximum absolute atomic E-state index is 11.9. The molecule has 1 N–H and O–H groups in total. The Balaban J connectivity index is 2.17. The third kappa shape index (κ3) is 3.75. The van der Waals surface area contributed by atoms with E-state index in [4.69, 9.17) is 4.74 Å². The molecular formula is C20H36O3. The Kier molecular flexibility index (Phi) is 5.50. The van der Waals surface area contributed by atoms with Crippen molar-refractivity contribution in [1.29, 1.82) is 0 Å². The fourth-order valence-electron chi connectivity index (χ4n) is 5.51. The van der Waals surface area contributed by atoms with E-state index < -0.39 is 5.60 Å². The van der Waals surface area contributed by atoms with Gasteiger partial charge in [0.15, 0.2) is 0 Å². The molecule has 134 valence electrons. The molecule has 2 rings (SSSR count). The first-order valence-corrected chi connectivity index (χ1v) is 9.53. The highest BCUT2D eigenvalue weighted by atomic mass is 16.6. The number of aliphatic hydroxyl groups is 1. The van der Waals surface area contributed by atoms with Crippen molar-refractivity contribution in [2.75, 3.05) is 0 Å². The quantitative estimate of drug-likeness (QED) is 0.710. The van der Waals surface area contributed by atoms with Crippen LogP contribution < -0.4 is 0 Å². The molecule has 3 heteroatoms. The molecule has 0 heterocycles. The number of ether oxygens (including phenoxy) is 1. The van der Waals surface area contributed by atoms with Gasteiger partial charge in [0.2, 0.25) is 0 Å². The smallest absolute Gasteiger partial charge is 0.303 e. The van der Waals surface area contributed by atoms with Crippen molar-refractivity contribution in [1.82, 2.24) is 0 Å². The monoisotopic (exact) mass is 324 g/mol. The summed E-state index contributed by atoms with van der Waals surface area (Å²) in [6.07, 6.45) is 10.0. The van der Waals surface area contributed by atoms with Gasteiger partial charge < -0.3 is 9.84 Å². The number of fused-ring (bicyclic) bond motifs is 1. The van der Waals surface area contributed by atoms with Gasteiger partial charge in [-0.05, 0) is 64.2 Å². The van der Waals surface area contributed by atoms with Crippen molar-refractivity contribution < 1.29 is 14.6 Å². The van der Waals surface area contributed by atoms with E-state index in [1.165, 1.54) is 32.1 Å². The minimum Gasteiger partial charge on any atom is -0.458 e. The summed E-state index contributed by atoms with van der Waals surface area (Å²) >= 11 is 0. The van der Waals surface area contributed by atoms with Gasteiger partial charge in [0.25, 0.3) is 0 Å². The Bertz CT molecular complexity index is 425. The summed E-state index contributed by atoms with van der Waals surface area (Å²) in [6, 6.07) is 0. The number of hydrogen-bond acceptors (Lipinski definition) is 3. The van der Waals surface area contributed by atoms with Gasteiger partial charge in [-0.25, -0.2) is 0 Å². The minimum atomic E-state index is -0.610. The van der Waals surface area contributed by atoms with E-state index in [1.807, 2.05) is 13.8 Å². The van der Waals surface area contributed by atoms with E-state index in [-0.39, 0.29) is 17.0 Å². The first-order valence-electron chi connectivity index (χ1n) is 9.53. The largest absolute Gasteiger partial charge is 0.458 e. The van der Waals surface area contributed by atoms with Crippen LogP contribution in [0.15, 0.2) is 0 Å². The van der Waals surface area contributed by atoms with Crippen LogP contribution in [0.1, 0.15) is 92.4 Å². The van der Waals surface area contributed by atoms with Crippen molar-refractivity contribution in [3.63, 3.8) is 0 Å². The molecule has 0 bridgehead atoms. The molecule has 0 spiro atoms. The number of carbonyl (C=O) groups excluding carboxylic acids is 1. The topological polar surface area (TPSA) is 46.5 Å². The van der Waals surface area contributed by atoms with E-state index in [9.17, 15) is 9.90 Å². The zero-order valence-corrected chi connectivity index (χ0v) is 15.8. The van der Waals surface area contributed by atoms with Gasteiger partial charge in [0, 0.05) is 12.3 Å². The average molecular weight is 325 g/mol. The lowest BCUT2D eigenvalue weighted by atomic mass is 9.59. The molecule has 2 aliphatic rings. The highest BCUT2D eigenvalue weighted by Gasteiger charge is 2.61. The van der Waals surface area contributed by atoms with Crippen LogP contribution in [-0.4, -0.2) is 22.3 Å². The van der Waals surface area contributed by atoms with E-state index in [1.54, 1.807) is 6.92 Å². The summed E-state index contributed by atoms with van der Waals surface area (Å²) in [6.45, 7) is 9.93. The standard InChI is InChI=1S/C20H36O3/c1-15(9-8-12-18(3,4)22)20(23-16(2)21)14-11-17-10-6-7-13-19(17,20)5/h15,17,22H,6-14H2,1-5H3/t15-,17?,19+,20+/m0/s1. The van der Waals surface area contributed by atoms with Gasteiger partial charge in [0.1, 0.15) is 5.60 Å². The van der Waals surface area contributed by atoms with Gasteiger partial charge in [0.05, 0.1) is 5.60 Å². The lowest BCUT2D eigenvalue weighted by Crippen LogP contribution is -2.53. The minimum absolute atomic E-state index is 0.130. The third-order valence-electron chi connectivity index (χ3n) is 6.78. The maximum Gasteiger partial charge on any atom is 0.303 e. The van der Waals surface area contributed by atoms with Crippen molar-refractivity contribution in [3.8, 4) is 0 Å². The number of carbonyl (C=O) groups is 1. The molecule has 23 heavy (non-hydrogen) atoms. The second kappa shape index (κ2) is 6.74. The number of rotatable bonds is 6. The van der Waals surface area contributed by atoms with E-state index in [2.05, 4.69) is 13.8 Å². The molecule has 0 radical (unpaired) electrons. The van der Waals surface area contributed by atoms with Gasteiger partial charge in [-0.2, -0.15) is 0 Å². The molecule has 0 aromatic rings. The van der Waals surface area contributed by atoms with Crippen LogP contribution in [-0.2, 0) is 9.53 Å². The van der Waals surface area contributed by atoms with Crippen LogP contribution in [0.4, 0.5) is 0 Å². The van der Waals surface area contributed by atoms with Crippen molar-refractivity contribution in [2.45, 2.75) is 104 Å². The second-order valence-corrected chi connectivity index (χ2v) is 8.99. The Morgan fingerprint density at radius 1 is 1.30 bits per heavy atom. The summed E-state index contributed by atoms with van der Waals surface area (Å²) in [4.78, 5) is 11.9. The number of esters is 1. The predicted molar refractivity (Wildman–Crippen MR) is 93.1 cm³/mol. The van der Waals surface area contributed by atoms with Crippen LogP contribution >= 0.6 is 0 Å². The lowest BCUT2D eigenvalue weighted by Gasteiger charge is -2.51. The third-order valence-corrected chi connectivity index (χ3v) is 6.78. The predicted octanol–water partition coefficient (Wildman–Crippen LogP) is 4.86. The van der Waals surface area contributed by atoms with E-state index in [0.717, 1.165) is 25.7 Å². The Hall–Kier alpha value is -0.570. The van der Waals surface area contributed by atoms with Gasteiger partial charge >= 0.3 is 5.97 Å². The average Bonchev–Trinajstić information content (AvgIpc) is 2.71. The molecule has 2 saturated carbocycles. The first-order chi connectivity index (χ1) is 10.6. The Labute approximate surface area is 142 Å². The molecule has 0 aliphatic heterocycles. The van der Waals surface area contributed by atoms with Gasteiger partial charge in [-0.15, -0.1) is 0 Å². The fraction of sp³-hybridized carbons (Fsp3) is 0.950. The summed E-state index contributed by atoms with van der Waals surface area (Å²) in [5.41, 5.74) is -0.782. The molecule has 3 nitrogen and oxygen atoms in total. The Morgan fingerprint density at radius 3 is 2.61 bits per heavy atom. The normalized spacial score (nSPS) is 35.7. The summed E-state index contributed by atoms with van der Waals surface area (Å²) < 4.78 is 6.11. The van der Waals surface area contributed by atoms with Crippen LogP contribution in [0.5, 0.6) is 0 Å². The highest BCUT2D eigenvalue weighted by Crippen LogP contribution is 2.62. The molecule has 2 fully saturated rings. The summed E-state index contributed by atoms with van der Waals surface area (Å²) in [5.74, 6) is 0.918. The van der Waals surface area contributed by atoms with E-state index in [0.29, 0.717) is 11.8 Å². The first kappa shape index (κ1) is 18.8. The second-order valence-electron chi connectivity index (χ2n) is 8.99. The van der Waals surface area contributed by atoms with Crippen molar-refractivity contribution >= 4 is 5.97 Å².